The van der Waals surface area contributed by atoms with E-state index in [2.05, 4.69) is 55.3 Å². The van der Waals surface area contributed by atoms with E-state index < -0.39 is 5.60 Å². The number of nitrogens with zero attached hydrogens (tertiary/aromatic N) is 4. The Kier molecular flexibility index (Phi) is 4.74. The van der Waals surface area contributed by atoms with Crippen molar-refractivity contribution in [3.8, 4) is 0 Å². The first-order chi connectivity index (χ1) is 13.0. The van der Waals surface area contributed by atoms with Gasteiger partial charge in [0.2, 0.25) is 0 Å². The predicted octanol–water partition coefficient (Wildman–Crippen LogP) is 3.13. The monoisotopic (exact) mass is 364 g/mol. The summed E-state index contributed by atoms with van der Waals surface area (Å²) in [6, 6.07) is 10.4. The lowest BCUT2D eigenvalue weighted by Crippen LogP contribution is -2.30. The van der Waals surface area contributed by atoms with E-state index in [1.54, 1.807) is 0 Å². The standard InChI is InChI=1S/C22H28N4O/c1-4-26-21-17(15-23-26)14-19-20(24-21)11-10-16-8-5-6-9-18(16)22(19,27)12-7-13-25(2)3/h5-6,8-9,14-15,27H,4,7,10-13H2,1-3H3. The molecule has 1 atom stereocenters. The molecule has 5 heteroatoms. The highest BCUT2D eigenvalue weighted by molar-refractivity contribution is 5.76. The summed E-state index contributed by atoms with van der Waals surface area (Å²) < 4.78 is 1.93. The van der Waals surface area contributed by atoms with Gasteiger partial charge in [-0.1, -0.05) is 24.3 Å². The molecule has 27 heavy (non-hydrogen) atoms. The molecule has 2 heterocycles. The number of benzene rings is 1. The zero-order valence-corrected chi connectivity index (χ0v) is 16.4. The van der Waals surface area contributed by atoms with E-state index in [1.165, 1.54) is 5.56 Å². The minimum absolute atomic E-state index is 0.685. The van der Waals surface area contributed by atoms with Crippen LogP contribution in [0, 0.1) is 0 Å². The minimum atomic E-state index is -1.01. The molecule has 0 aliphatic heterocycles. The van der Waals surface area contributed by atoms with Crippen molar-refractivity contribution in [3.63, 3.8) is 0 Å². The fourth-order valence-corrected chi connectivity index (χ4v) is 4.28. The van der Waals surface area contributed by atoms with E-state index in [9.17, 15) is 5.11 Å². The molecule has 1 aliphatic rings. The van der Waals surface area contributed by atoms with Gasteiger partial charge in [-0.25, -0.2) is 9.67 Å². The van der Waals surface area contributed by atoms with Crippen molar-refractivity contribution in [1.82, 2.24) is 19.7 Å². The topological polar surface area (TPSA) is 54.2 Å². The smallest absolute Gasteiger partial charge is 0.157 e. The molecule has 0 saturated carbocycles. The van der Waals surface area contributed by atoms with Crippen LogP contribution in [0.4, 0.5) is 0 Å². The number of aliphatic hydroxyl groups is 1. The fraction of sp³-hybridized carbons (Fsp3) is 0.455. The summed E-state index contributed by atoms with van der Waals surface area (Å²) in [7, 11) is 4.15. The SMILES string of the molecule is CCn1ncc2cc3c(nc21)CCc1ccccc1C3(O)CCCN(C)C. The van der Waals surface area contributed by atoms with E-state index in [1.807, 2.05) is 16.9 Å². The Balaban J connectivity index is 1.87. The molecule has 1 aliphatic carbocycles. The third kappa shape index (κ3) is 3.15. The second-order valence-corrected chi connectivity index (χ2v) is 7.78. The zero-order chi connectivity index (χ0) is 19.0. The van der Waals surface area contributed by atoms with Gasteiger partial charge in [0.1, 0.15) is 5.60 Å². The number of hydrogen-bond donors (Lipinski definition) is 1. The average Bonchev–Trinajstić information content (AvgIpc) is 3.02. The van der Waals surface area contributed by atoms with E-state index >= 15 is 0 Å². The number of hydrogen-bond acceptors (Lipinski definition) is 4. The molecule has 142 valence electrons. The van der Waals surface area contributed by atoms with E-state index in [-0.39, 0.29) is 0 Å². The van der Waals surface area contributed by atoms with Gasteiger partial charge in [-0.15, -0.1) is 0 Å². The summed E-state index contributed by atoms with van der Waals surface area (Å²) in [5.41, 5.74) is 4.12. The van der Waals surface area contributed by atoms with Crippen molar-refractivity contribution in [2.45, 2.75) is 44.8 Å². The molecule has 0 spiro atoms. The molecule has 0 bridgehead atoms. The Hall–Kier alpha value is -2.24. The summed E-state index contributed by atoms with van der Waals surface area (Å²) in [6.07, 6.45) is 5.21. The predicted molar refractivity (Wildman–Crippen MR) is 108 cm³/mol. The summed E-state index contributed by atoms with van der Waals surface area (Å²) >= 11 is 0. The van der Waals surface area contributed by atoms with Crippen LogP contribution >= 0.6 is 0 Å². The van der Waals surface area contributed by atoms with Gasteiger partial charge < -0.3 is 10.0 Å². The molecule has 2 aromatic heterocycles. The Morgan fingerprint density at radius 3 is 2.78 bits per heavy atom. The second kappa shape index (κ2) is 7.06. The summed E-state index contributed by atoms with van der Waals surface area (Å²) in [6.45, 7) is 3.82. The quantitative estimate of drug-likeness (QED) is 0.756. The van der Waals surface area contributed by atoms with Crippen LogP contribution < -0.4 is 0 Å². The van der Waals surface area contributed by atoms with Gasteiger partial charge in [-0.05, 0) is 70.4 Å². The molecule has 1 aromatic carbocycles. The number of aryl methyl sites for hydroxylation is 3. The molecule has 0 fully saturated rings. The molecule has 0 saturated heterocycles. The van der Waals surface area contributed by atoms with Gasteiger partial charge in [-0.2, -0.15) is 5.10 Å². The van der Waals surface area contributed by atoms with Gasteiger partial charge in [0.05, 0.1) is 6.20 Å². The van der Waals surface area contributed by atoms with E-state index in [0.29, 0.717) is 6.42 Å². The number of fused-ring (bicyclic) bond motifs is 3. The lowest BCUT2D eigenvalue weighted by molar-refractivity contribution is 0.0656. The lowest BCUT2D eigenvalue weighted by atomic mass is 9.81. The van der Waals surface area contributed by atoms with E-state index in [0.717, 1.165) is 60.2 Å². The van der Waals surface area contributed by atoms with Crippen LogP contribution in [-0.4, -0.2) is 45.4 Å². The highest BCUT2D eigenvalue weighted by Gasteiger charge is 2.38. The zero-order valence-electron chi connectivity index (χ0n) is 16.4. The Bertz CT molecular complexity index is 962. The van der Waals surface area contributed by atoms with Crippen LogP contribution in [0.15, 0.2) is 36.5 Å². The van der Waals surface area contributed by atoms with Gasteiger partial charge in [0, 0.05) is 23.2 Å². The maximum absolute atomic E-state index is 12.0. The van der Waals surface area contributed by atoms with Gasteiger partial charge >= 0.3 is 0 Å². The maximum Gasteiger partial charge on any atom is 0.157 e. The van der Waals surface area contributed by atoms with Crippen molar-refractivity contribution < 1.29 is 5.11 Å². The number of pyridine rings is 1. The lowest BCUT2D eigenvalue weighted by Gasteiger charge is -2.31. The fourth-order valence-electron chi connectivity index (χ4n) is 4.28. The number of aromatic nitrogens is 3. The molecule has 4 rings (SSSR count). The normalized spacial score (nSPS) is 19.1. The molecule has 3 aromatic rings. The van der Waals surface area contributed by atoms with Crippen LogP contribution in [0.1, 0.15) is 42.1 Å². The Labute approximate surface area is 160 Å². The molecular weight excluding hydrogens is 336 g/mol. The minimum Gasteiger partial charge on any atom is -0.380 e. The summed E-state index contributed by atoms with van der Waals surface area (Å²) in [5, 5.41) is 17.5. The van der Waals surface area contributed by atoms with Gasteiger partial charge in [-0.3, -0.25) is 0 Å². The van der Waals surface area contributed by atoms with E-state index in [4.69, 9.17) is 4.98 Å². The summed E-state index contributed by atoms with van der Waals surface area (Å²) in [5.74, 6) is 0. The van der Waals surface area contributed by atoms with Crippen LogP contribution in [0.2, 0.25) is 0 Å². The van der Waals surface area contributed by atoms with Crippen molar-refractivity contribution in [2.75, 3.05) is 20.6 Å². The molecule has 1 unspecified atom stereocenters. The maximum atomic E-state index is 12.0. The van der Waals surface area contributed by atoms with Crippen LogP contribution in [0.25, 0.3) is 11.0 Å². The number of rotatable bonds is 5. The molecular formula is C22H28N4O. The third-order valence-corrected chi connectivity index (χ3v) is 5.67. The van der Waals surface area contributed by atoms with Crippen LogP contribution in [-0.2, 0) is 25.0 Å². The first-order valence-corrected chi connectivity index (χ1v) is 9.84. The first-order valence-electron chi connectivity index (χ1n) is 9.84. The summed E-state index contributed by atoms with van der Waals surface area (Å²) in [4.78, 5) is 7.12. The van der Waals surface area contributed by atoms with Crippen molar-refractivity contribution in [1.29, 1.82) is 0 Å². The molecule has 5 nitrogen and oxygen atoms in total. The largest absolute Gasteiger partial charge is 0.380 e. The average molecular weight is 364 g/mol. The van der Waals surface area contributed by atoms with Crippen molar-refractivity contribution >= 4 is 11.0 Å². The van der Waals surface area contributed by atoms with Crippen LogP contribution in [0.5, 0.6) is 0 Å². The van der Waals surface area contributed by atoms with Crippen LogP contribution in [0.3, 0.4) is 0 Å². The highest BCUT2D eigenvalue weighted by Crippen LogP contribution is 2.41. The van der Waals surface area contributed by atoms with Gasteiger partial charge in [0.15, 0.2) is 5.65 Å². The molecule has 1 N–H and O–H groups in total. The third-order valence-electron chi connectivity index (χ3n) is 5.67. The van der Waals surface area contributed by atoms with Crippen molar-refractivity contribution in [2.24, 2.45) is 0 Å². The highest BCUT2D eigenvalue weighted by atomic mass is 16.3. The molecule has 0 amide bonds. The van der Waals surface area contributed by atoms with Crippen molar-refractivity contribution in [3.05, 3.63) is 58.9 Å². The second-order valence-electron chi connectivity index (χ2n) is 7.78. The Morgan fingerprint density at radius 2 is 2.00 bits per heavy atom. The van der Waals surface area contributed by atoms with Gasteiger partial charge in [0.25, 0.3) is 0 Å². The first kappa shape index (κ1) is 18.1. The Morgan fingerprint density at radius 1 is 1.19 bits per heavy atom. The molecule has 0 radical (unpaired) electrons.